The van der Waals surface area contributed by atoms with E-state index in [1.807, 2.05) is 6.92 Å². The number of carbonyl (C=O) groups is 1. The highest BCUT2D eigenvalue weighted by Gasteiger charge is 2.27. The Morgan fingerprint density at radius 1 is 1.21 bits per heavy atom. The van der Waals surface area contributed by atoms with E-state index in [1.54, 1.807) is 4.57 Å². The van der Waals surface area contributed by atoms with Crippen LogP contribution in [-0.4, -0.2) is 35.9 Å². The minimum absolute atomic E-state index is 0.0261. The number of amides is 1. The van der Waals surface area contributed by atoms with Crippen molar-refractivity contribution in [3.8, 4) is 5.75 Å². The Labute approximate surface area is 196 Å². The first-order valence-electron chi connectivity index (χ1n) is 9.96. The summed E-state index contributed by atoms with van der Waals surface area (Å²) in [4.78, 5) is 41.9. The number of alkyl halides is 3. The highest BCUT2D eigenvalue weighted by atomic mass is 35.5. The molecule has 3 rings (SSSR count). The molecule has 1 amide bonds. The number of benzene rings is 1. The quantitative estimate of drug-likeness (QED) is 0.357. The average molecular weight is 502 g/mol. The minimum Gasteiger partial charge on any atom is -0.420 e. The number of anilines is 1. The molecule has 9 nitrogen and oxygen atoms in total. The van der Waals surface area contributed by atoms with Crippen LogP contribution in [0.1, 0.15) is 19.8 Å². The second-order valence-corrected chi connectivity index (χ2v) is 8.57. The number of halogens is 3. The number of carbonyl (C=O) groups excluding carboxylic acids is 1. The number of thioether (sulfide) groups is 1. The third-order valence-electron chi connectivity index (χ3n) is 4.75. The van der Waals surface area contributed by atoms with Crippen molar-refractivity contribution in [1.29, 1.82) is 0 Å². The van der Waals surface area contributed by atoms with Crippen LogP contribution in [-0.2, 0) is 25.4 Å². The van der Waals surface area contributed by atoms with E-state index >= 15 is 0 Å². The zero-order chi connectivity index (χ0) is 24.3. The summed E-state index contributed by atoms with van der Waals surface area (Å²) in [6, 6.07) is 5.30. The van der Waals surface area contributed by atoms with Crippen molar-refractivity contribution in [1.82, 2.24) is 18.7 Å². The molecule has 0 aliphatic heterocycles. The predicted octanol–water partition coefficient (Wildman–Crippen LogP) is 3.13. The number of imidazole rings is 1. The van der Waals surface area contributed by atoms with Crippen LogP contribution in [0.3, 0.4) is 0 Å². The molecule has 0 bridgehead atoms. The molecule has 33 heavy (non-hydrogen) atoms. The summed E-state index contributed by atoms with van der Waals surface area (Å²) in [5.41, 5.74) is -3.81. The lowest BCUT2D eigenvalue weighted by Gasteiger charge is -2.11. The fourth-order valence-corrected chi connectivity index (χ4v) is 4.04. The molecule has 0 unspecified atom stereocenters. The van der Waals surface area contributed by atoms with Crippen molar-refractivity contribution in [2.45, 2.75) is 37.0 Å². The van der Waals surface area contributed by atoms with E-state index in [0.717, 1.165) is 29.2 Å². The molecule has 2 heterocycles. The Morgan fingerprint density at radius 3 is 2.48 bits per heavy atom. The molecular formula is C20H22ClF2N5O4S. The molecular weight excluding hydrogens is 480 g/mol. The van der Waals surface area contributed by atoms with Gasteiger partial charge in [-0.25, -0.2) is 9.78 Å². The van der Waals surface area contributed by atoms with Gasteiger partial charge in [0.25, 0.3) is 5.56 Å². The Kier molecular flexibility index (Phi) is 7.48. The molecule has 0 fully saturated rings. The van der Waals surface area contributed by atoms with Gasteiger partial charge in [0.15, 0.2) is 16.3 Å². The number of ether oxygens (including phenoxy) is 1. The lowest BCUT2D eigenvalue weighted by molar-refractivity contribution is -0.113. The van der Waals surface area contributed by atoms with Crippen LogP contribution in [0.2, 0.25) is 0 Å². The highest BCUT2D eigenvalue weighted by molar-refractivity contribution is 7.99. The van der Waals surface area contributed by atoms with Gasteiger partial charge in [0.05, 0.1) is 5.75 Å². The molecule has 1 N–H and O–H groups in total. The maximum Gasteiger partial charge on any atom is 0.487 e. The second-order valence-electron chi connectivity index (χ2n) is 7.19. The topological polar surface area (TPSA) is 100 Å². The van der Waals surface area contributed by atoms with Gasteiger partial charge in [-0.15, -0.1) is 8.78 Å². The number of fused-ring (bicyclic) bond motifs is 1. The van der Waals surface area contributed by atoms with Gasteiger partial charge in [-0.2, -0.15) is 0 Å². The summed E-state index contributed by atoms with van der Waals surface area (Å²) in [5, 5.41) is 3.09. The Hall–Kier alpha value is -2.86. The molecule has 1 aromatic carbocycles. The zero-order valence-corrected chi connectivity index (χ0v) is 19.7. The van der Waals surface area contributed by atoms with Gasteiger partial charge in [-0.05, 0) is 30.7 Å². The largest absolute Gasteiger partial charge is 0.487 e. The van der Waals surface area contributed by atoms with Crippen molar-refractivity contribution in [3.63, 3.8) is 0 Å². The number of hydrogen-bond acceptors (Lipinski definition) is 6. The van der Waals surface area contributed by atoms with Gasteiger partial charge < -0.3 is 14.6 Å². The van der Waals surface area contributed by atoms with Crippen LogP contribution in [0, 0.1) is 0 Å². The first-order valence-corrected chi connectivity index (χ1v) is 11.3. The molecule has 0 aliphatic carbocycles. The molecule has 0 saturated carbocycles. The van der Waals surface area contributed by atoms with Crippen molar-refractivity contribution < 1.29 is 18.3 Å². The smallest absolute Gasteiger partial charge is 0.420 e. The lowest BCUT2D eigenvalue weighted by Crippen LogP contribution is -2.37. The first kappa shape index (κ1) is 24.8. The van der Waals surface area contributed by atoms with E-state index in [-0.39, 0.29) is 23.1 Å². The number of unbranched alkanes of at least 4 members (excludes halogenated alkanes) is 1. The second kappa shape index (κ2) is 9.96. The third kappa shape index (κ3) is 5.74. The average Bonchev–Trinajstić information content (AvgIpc) is 3.12. The Morgan fingerprint density at radius 2 is 1.88 bits per heavy atom. The molecule has 2 aromatic heterocycles. The van der Waals surface area contributed by atoms with Crippen molar-refractivity contribution in [3.05, 3.63) is 45.1 Å². The van der Waals surface area contributed by atoms with E-state index < -0.39 is 16.8 Å². The molecule has 178 valence electrons. The molecule has 13 heteroatoms. The monoisotopic (exact) mass is 501 g/mol. The van der Waals surface area contributed by atoms with Gasteiger partial charge in [-0.1, -0.05) is 25.1 Å². The minimum atomic E-state index is -3.82. The van der Waals surface area contributed by atoms with Crippen LogP contribution < -0.4 is 21.3 Å². The molecule has 0 atom stereocenters. The molecule has 0 aliphatic rings. The molecule has 0 radical (unpaired) electrons. The number of rotatable bonds is 9. The number of hydrogen-bond donors (Lipinski definition) is 1. The van der Waals surface area contributed by atoms with E-state index in [2.05, 4.69) is 15.0 Å². The van der Waals surface area contributed by atoms with Crippen LogP contribution in [0.5, 0.6) is 5.75 Å². The number of aryl methyl sites for hydroxylation is 2. The summed E-state index contributed by atoms with van der Waals surface area (Å²) < 4.78 is 33.7. The first-order chi connectivity index (χ1) is 15.5. The normalized spacial score (nSPS) is 11.7. The van der Waals surface area contributed by atoms with Crippen LogP contribution in [0.4, 0.5) is 14.5 Å². The lowest BCUT2D eigenvalue weighted by atomic mass is 10.3. The SMILES string of the molecule is CCCCn1c(SCC(=O)Nc2ccc(OC(F)(F)Cl)cc2)nc2c1c(=O)n(C)c(=O)n2C. The van der Waals surface area contributed by atoms with E-state index in [1.165, 1.54) is 42.9 Å². The van der Waals surface area contributed by atoms with E-state index in [0.29, 0.717) is 22.9 Å². The van der Waals surface area contributed by atoms with Gasteiger partial charge in [0, 0.05) is 37.9 Å². The van der Waals surface area contributed by atoms with Crippen molar-refractivity contribution >= 4 is 46.1 Å². The Bertz CT molecular complexity index is 1280. The summed E-state index contributed by atoms with van der Waals surface area (Å²) in [5.74, 6) is -0.548. The molecule has 3 aromatic rings. The van der Waals surface area contributed by atoms with E-state index in [9.17, 15) is 23.2 Å². The summed E-state index contributed by atoms with van der Waals surface area (Å²) >= 11 is 5.85. The zero-order valence-electron chi connectivity index (χ0n) is 18.1. The maximum absolute atomic E-state index is 12.7. The maximum atomic E-state index is 12.7. The summed E-state index contributed by atoms with van der Waals surface area (Å²) in [6.45, 7) is 2.52. The molecule has 0 spiro atoms. The van der Waals surface area contributed by atoms with Crippen LogP contribution >= 0.6 is 23.4 Å². The summed E-state index contributed by atoms with van der Waals surface area (Å²) in [7, 11) is 2.95. The van der Waals surface area contributed by atoms with Gasteiger partial charge in [-0.3, -0.25) is 18.7 Å². The van der Waals surface area contributed by atoms with Gasteiger partial charge in [0.1, 0.15) is 5.75 Å². The van der Waals surface area contributed by atoms with Gasteiger partial charge in [0.2, 0.25) is 5.91 Å². The highest BCUT2D eigenvalue weighted by Crippen LogP contribution is 2.26. The third-order valence-corrected chi connectivity index (χ3v) is 5.81. The van der Waals surface area contributed by atoms with Crippen molar-refractivity contribution in [2.24, 2.45) is 14.1 Å². The van der Waals surface area contributed by atoms with Crippen LogP contribution in [0.25, 0.3) is 11.2 Å². The van der Waals surface area contributed by atoms with Crippen molar-refractivity contribution in [2.75, 3.05) is 11.1 Å². The standard InChI is InChI=1S/C20H22ClF2N5O4S/c1-4-5-10-28-15-16(26(2)19(31)27(3)17(15)30)25-18(28)33-11-14(29)24-12-6-8-13(9-7-12)32-20(21,22)23/h6-9H,4-5,10-11H2,1-3H3,(H,24,29). The number of nitrogens with zero attached hydrogens (tertiary/aromatic N) is 4. The van der Waals surface area contributed by atoms with Crippen LogP contribution in [0.15, 0.2) is 39.0 Å². The Balaban J connectivity index is 1.78. The number of nitrogens with one attached hydrogen (secondary N) is 1. The molecule has 0 saturated heterocycles. The number of aromatic nitrogens is 4. The van der Waals surface area contributed by atoms with E-state index in [4.69, 9.17) is 11.6 Å². The predicted molar refractivity (Wildman–Crippen MR) is 122 cm³/mol. The summed E-state index contributed by atoms with van der Waals surface area (Å²) in [6.07, 6.45) is 1.67. The fourth-order valence-electron chi connectivity index (χ4n) is 3.13. The fraction of sp³-hybridized carbons (Fsp3) is 0.400. The van der Waals surface area contributed by atoms with Gasteiger partial charge >= 0.3 is 11.3 Å².